The van der Waals surface area contributed by atoms with E-state index in [4.69, 9.17) is 0 Å². The van der Waals surface area contributed by atoms with Crippen LogP contribution in [0.15, 0.2) is 47.6 Å². The first-order valence-corrected chi connectivity index (χ1v) is 9.50. The van der Waals surface area contributed by atoms with Crippen LogP contribution in [0.3, 0.4) is 0 Å². The predicted octanol–water partition coefficient (Wildman–Crippen LogP) is 3.93. The lowest BCUT2D eigenvalue weighted by Gasteiger charge is -2.08. The molecule has 25 heavy (non-hydrogen) atoms. The highest BCUT2D eigenvalue weighted by Gasteiger charge is 2.16. The smallest absolute Gasteiger partial charge is 0.234 e. The van der Waals surface area contributed by atoms with Crippen molar-refractivity contribution >= 4 is 28.9 Å². The lowest BCUT2D eigenvalue weighted by atomic mass is 10.1. The average molecular weight is 354 g/mol. The second kappa shape index (κ2) is 8.16. The van der Waals surface area contributed by atoms with Crippen LogP contribution in [0.5, 0.6) is 0 Å². The highest BCUT2D eigenvalue weighted by atomic mass is 32.2. The quantitative estimate of drug-likeness (QED) is 0.765. The standard InChI is InChI=1S/C19H22N4OS/c1-3-14-9-11-16(12-10-14)20-17(24)13-25-19-22-21-18(23(19)4-2)15-7-5-6-8-15/h5-7,9-12H,3-4,8,13H2,1-2H3,(H,20,24). The van der Waals surface area contributed by atoms with Crippen molar-refractivity contribution in [3.8, 4) is 0 Å². The average Bonchev–Trinajstić information content (AvgIpc) is 3.29. The van der Waals surface area contributed by atoms with Crippen molar-refractivity contribution in [3.05, 3.63) is 53.9 Å². The van der Waals surface area contributed by atoms with Crippen molar-refractivity contribution in [2.24, 2.45) is 0 Å². The molecule has 1 aliphatic rings. The van der Waals surface area contributed by atoms with Crippen LogP contribution in [0, 0.1) is 0 Å². The van der Waals surface area contributed by atoms with Gasteiger partial charge >= 0.3 is 0 Å². The van der Waals surface area contributed by atoms with Crippen molar-refractivity contribution in [1.29, 1.82) is 0 Å². The lowest BCUT2D eigenvalue weighted by molar-refractivity contribution is -0.113. The highest BCUT2D eigenvalue weighted by molar-refractivity contribution is 7.99. The summed E-state index contributed by atoms with van der Waals surface area (Å²) >= 11 is 1.42. The zero-order valence-corrected chi connectivity index (χ0v) is 15.3. The molecule has 0 fully saturated rings. The Morgan fingerprint density at radius 3 is 2.68 bits per heavy atom. The van der Waals surface area contributed by atoms with Gasteiger partial charge in [-0.1, -0.05) is 49.0 Å². The second-order valence-electron chi connectivity index (χ2n) is 5.76. The molecule has 2 aromatic rings. The van der Waals surface area contributed by atoms with Crippen LogP contribution >= 0.6 is 11.8 Å². The summed E-state index contributed by atoms with van der Waals surface area (Å²) in [5, 5.41) is 12.3. The SMILES string of the molecule is CCc1ccc(NC(=O)CSc2nnc(C3=CC=CC3)n2CC)cc1. The maximum atomic E-state index is 12.2. The van der Waals surface area contributed by atoms with Gasteiger partial charge in [0.15, 0.2) is 11.0 Å². The number of carbonyl (C=O) groups excluding carboxylic acids is 1. The topological polar surface area (TPSA) is 59.8 Å². The largest absolute Gasteiger partial charge is 0.325 e. The van der Waals surface area contributed by atoms with Gasteiger partial charge in [-0.2, -0.15) is 0 Å². The van der Waals surface area contributed by atoms with Gasteiger partial charge < -0.3 is 9.88 Å². The van der Waals surface area contributed by atoms with Crippen molar-refractivity contribution in [1.82, 2.24) is 14.8 Å². The fraction of sp³-hybridized carbons (Fsp3) is 0.316. The fourth-order valence-corrected chi connectivity index (χ4v) is 3.48. The Morgan fingerprint density at radius 1 is 1.24 bits per heavy atom. The number of carbonyl (C=O) groups is 1. The predicted molar refractivity (Wildman–Crippen MR) is 103 cm³/mol. The number of hydrogen-bond acceptors (Lipinski definition) is 4. The maximum absolute atomic E-state index is 12.2. The summed E-state index contributed by atoms with van der Waals surface area (Å²) in [7, 11) is 0. The zero-order valence-electron chi connectivity index (χ0n) is 14.5. The number of nitrogens with one attached hydrogen (secondary N) is 1. The van der Waals surface area contributed by atoms with E-state index in [-0.39, 0.29) is 5.91 Å². The molecule has 3 rings (SSSR count). The molecular weight excluding hydrogens is 332 g/mol. The summed E-state index contributed by atoms with van der Waals surface area (Å²) in [5.41, 5.74) is 3.25. The third kappa shape index (κ3) is 4.20. The van der Waals surface area contributed by atoms with Gasteiger partial charge in [-0.15, -0.1) is 10.2 Å². The molecule has 0 saturated heterocycles. The Labute approximate surface area is 152 Å². The van der Waals surface area contributed by atoms with Crippen molar-refractivity contribution < 1.29 is 4.79 Å². The molecule has 1 heterocycles. The van der Waals surface area contributed by atoms with Gasteiger partial charge in [0, 0.05) is 17.8 Å². The number of benzene rings is 1. The van der Waals surface area contributed by atoms with Gasteiger partial charge in [0.1, 0.15) is 0 Å². The first-order chi connectivity index (χ1) is 12.2. The number of amides is 1. The third-order valence-corrected chi connectivity index (χ3v) is 5.04. The molecule has 1 N–H and O–H groups in total. The van der Waals surface area contributed by atoms with Gasteiger partial charge in [0.05, 0.1) is 5.75 Å². The second-order valence-corrected chi connectivity index (χ2v) is 6.70. The molecule has 130 valence electrons. The molecule has 1 amide bonds. The van der Waals surface area contributed by atoms with Crippen LogP contribution in [0.4, 0.5) is 5.69 Å². The van der Waals surface area contributed by atoms with E-state index < -0.39 is 0 Å². The fourth-order valence-electron chi connectivity index (χ4n) is 2.68. The Balaban J connectivity index is 1.60. The Kier molecular flexibility index (Phi) is 5.71. The number of thioether (sulfide) groups is 1. The van der Waals surface area contributed by atoms with Gasteiger partial charge in [-0.25, -0.2) is 0 Å². The van der Waals surface area contributed by atoms with E-state index in [1.807, 2.05) is 30.3 Å². The lowest BCUT2D eigenvalue weighted by Crippen LogP contribution is -2.14. The van der Waals surface area contributed by atoms with Gasteiger partial charge in [0.25, 0.3) is 0 Å². The zero-order chi connectivity index (χ0) is 17.6. The summed E-state index contributed by atoms with van der Waals surface area (Å²) in [6.45, 7) is 4.96. The normalized spacial score (nSPS) is 13.1. The molecule has 1 aromatic heterocycles. The summed E-state index contributed by atoms with van der Waals surface area (Å²) in [5.74, 6) is 1.17. The molecule has 0 unspecified atom stereocenters. The maximum Gasteiger partial charge on any atom is 0.234 e. The molecular formula is C19H22N4OS. The number of nitrogens with zero attached hydrogens (tertiary/aromatic N) is 3. The molecule has 0 bridgehead atoms. The van der Waals surface area contributed by atoms with Gasteiger partial charge in [-0.05, 0) is 37.5 Å². The van der Waals surface area contributed by atoms with Gasteiger partial charge in [0.2, 0.25) is 5.91 Å². The van der Waals surface area contributed by atoms with E-state index in [1.54, 1.807) is 0 Å². The van der Waals surface area contributed by atoms with E-state index >= 15 is 0 Å². The molecule has 0 saturated carbocycles. The number of hydrogen-bond donors (Lipinski definition) is 1. The van der Waals surface area contributed by atoms with E-state index in [2.05, 4.69) is 46.1 Å². The molecule has 6 heteroatoms. The molecule has 0 aliphatic heterocycles. The molecule has 5 nitrogen and oxygen atoms in total. The Morgan fingerprint density at radius 2 is 2.04 bits per heavy atom. The van der Waals surface area contributed by atoms with Crippen LogP contribution < -0.4 is 5.32 Å². The van der Waals surface area contributed by atoms with Crippen molar-refractivity contribution in [2.75, 3.05) is 11.1 Å². The van der Waals surface area contributed by atoms with Crippen LogP contribution in [-0.4, -0.2) is 26.4 Å². The molecule has 0 radical (unpaired) electrons. The summed E-state index contributed by atoms with van der Waals surface area (Å²) in [6.07, 6.45) is 8.08. The van der Waals surface area contributed by atoms with Crippen LogP contribution in [0.1, 0.15) is 31.7 Å². The summed E-state index contributed by atoms with van der Waals surface area (Å²) < 4.78 is 2.06. The van der Waals surface area contributed by atoms with Crippen LogP contribution in [0.25, 0.3) is 5.57 Å². The minimum absolute atomic E-state index is 0.0387. The van der Waals surface area contributed by atoms with E-state index in [0.29, 0.717) is 5.75 Å². The van der Waals surface area contributed by atoms with Crippen molar-refractivity contribution in [3.63, 3.8) is 0 Å². The van der Waals surface area contributed by atoms with E-state index in [0.717, 1.165) is 36.1 Å². The number of aromatic nitrogens is 3. The monoisotopic (exact) mass is 354 g/mol. The number of anilines is 1. The molecule has 0 atom stereocenters. The minimum atomic E-state index is -0.0387. The first kappa shape index (κ1) is 17.5. The van der Waals surface area contributed by atoms with E-state index in [1.165, 1.54) is 22.9 Å². The van der Waals surface area contributed by atoms with E-state index in [9.17, 15) is 4.79 Å². The summed E-state index contributed by atoms with van der Waals surface area (Å²) in [6, 6.07) is 7.94. The highest BCUT2D eigenvalue weighted by Crippen LogP contribution is 2.26. The minimum Gasteiger partial charge on any atom is -0.325 e. The first-order valence-electron chi connectivity index (χ1n) is 8.52. The number of aryl methyl sites for hydroxylation is 1. The van der Waals surface area contributed by atoms with Gasteiger partial charge in [-0.3, -0.25) is 4.79 Å². The molecule has 1 aromatic carbocycles. The van der Waals surface area contributed by atoms with Crippen molar-refractivity contribution in [2.45, 2.75) is 38.4 Å². The van der Waals surface area contributed by atoms with Crippen LogP contribution in [-0.2, 0) is 17.8 Å². The van der Waals surface area contributed by atoms with Crippen LogP contribution in [0.2, 0.25) is 0 Å². The molecule has 1 aliphatic carbocycles. The Hall–Kier alpha value is -2.34. The molecule has 0 spiro atoms. The Bertz CT molecular complexity index is 805. The number of allylic oxidation sites excluding steroid dienone is 4. The number of rotatable bonds is 7. The third-order valence-electron chi connectivity index (χ3n) is 4.07. The summed E-state index contributed by atoms with van der Waals surface area (Å²) in [4.78, 5) is 12.2.